The third-order valence-corrected chi connectivity index (χ3v) is 8.03. The Balaban J connectivity index is 3.38. The first kappa shape index (κ1) is 38.8. The van der Waals surface area contributed by atoms with E-state index in [-0.39, 0.29) is 17.9 Å². The maximum absolute atomic E-state index is 12.0. The topological polar surface area (TPSA) is 66.4 Å². The Hall–Kier alpha value is -1.16. The molecule has 2 amide bonds. The van der Waals surface area contributed by atoms with Crippen molar-refractivity contribution in [3.05, 3.63) is 12.2 Å². The molecule has 0 bridgehead atoms. The summed E-state index contributed by atoms with van der Waals surface area (Å²) in [5.41, 5.74) is 0. The smallest absolute Gasteiger partial charge is 0.226 e. The zero-order valence-electron chi connectivity index (χ0n) is 27.0. The van der Waals surface area contributed by atoms with Gasteiger partial charge in [0.1, 0.15) is 0 Å². The van der Waals surface area contributed by atoms with Gasteiger partial charge in [0, 0.05) is 12.8 Å². The van der Waals surface area contributed by atoms with Crippen molar-refractivity contribution in [2.45, 2.75) is 206 Å². The highest BCUT2D eigenvalue weighted by atomic mass is 16.3. The van der Waals surface area contributed by atoms with Crippen molar-refractivity contribution >= 4 is 11.8 Å². The molecule has 0 spiro atoms. The minimum absolute atomic E-state index is 0.100. The minimum atomic E-state index is -0.106. The Morgan fingerprint density at radius 2 is 0.825 bits per heavy atom. The van der Waals surface area contributed by atoms with Gasteiger partial charge in [-0.1, -0.05) is 148 Å². The molecule has 0 aromatic heterocycles. The molecule has 0 aromatic rings. The van der Waals surface area contributed by atoms with Gasteiger partial charge >= 0.3 is 0 Å². The number of amides is 2. The highest BCUT2D eigenvalue weighted by Gasteiger charge is 2.07. The summed E-state index contributed by atoms with van der Waals surface area (Å²) in [5.74, 6) is -0.209. The fourth-order valence-electron chi connectivity index (χ4n) is 5.31. The largest absolute Gasteiger partial charge is 0.393 e. The standard InChI is InChI=1S/C36H69NO3/c1-3-5-7-9-10-11-12-13-14-15-16-17-21-24-28-32-35(39)37-36(40)33-29-25-22-19-18-20-23-27-31-34(38)30-26-8-6-4-2/h13-14,34,38H,3-12,15-33H2,1-2H3,(H,37,39,40). The summed E-state index contributed by atoms with van der Waals surface area (Å²) in [7, 11) is 0. The molecule has 0 saturated heterocycles. The second-order valence-corrected chi connectivity index (χ2v) is 12.2. The van der Waals surface area contributed by atoms with Crippen molar-refractivity contribution in [1.82, 2.24) is 5.32 Å². The van der Waals surface area contributed by atoms with Gasteiger partial charge in [-0.15, -0.1) is 0 Å². The lowest BCUT2D eigenvalue weighted by Gasteiger charge is -2.10. The monoisotopic (exact) mass is 564 g/mol. The van der Waals surface area contributed by atoms with Crippen LogP contribution in [0.5, 0.6) is 0 Å². The van der Waals surface area contributed by atoms with Crippen LogP contribution in [0.15, 0.2) is 12.2 Å². The van der Waals surface area contributed by atoms with Crippen LogP contribution >= 0.6 is 0 Å². The number of unbranched alkanes of at least 4 members (excludes halogenated alkanes) is 21. The SMILES string of the molecule is CCCCCCCCC=CCCCCCCCC(=O)NC(=O)CCCCCCCCCCC(O)CCCCCC. The van der Waals surface area contributed by atoms with Crippen molar-refractivity contribution in [3.63, 3.8) is 0 Å². The number of allylic oxidation sites excluding steroid dienone is 2. The Labute approximate surface area is 249 Å². The lowest BCUT2D eigenvalue weighted by molar-refractivity contribution is -0.130. The normalized spacial score (nSPS) is 12.3. The lowest BCUT2D eigenvalue weighted by atomic mass is 10.0. The summed E-state index contributed by atoms with van der Waals surface area (Å²) in [6.45, 7) is 4.48. The van der Waals surface area contributed by atoms with Gasteiger partial charge in [-0.2, -0.15) is 0 Å². The number of rotatable bonds is 31. The summed E-state index contributed by atoms with van der Waals surface area (Å²) in [4.78, 5) is 24.0. The van der Waals surface area contributed by atoms with E-state index in [1.165, 1.54) is 122 Å². The molecule has 0 aliphatic rings. The Bertz CT molecular complexity index is 574. The van der Waals surface area contributed by atoms with Crippen molar-refractivity contribution < 1.29 is 14.7 Å². The molecule has 0 heterocycles. The zero-order valence-corrected chi connectivity index (χ0v) is 27.0. The van der Waals surface area contributed by atoms with E-state index in [4.69, 9.17) is 0 Å². The molecular weight excluding hydrogens is 494 g/mol. The first-order valence-electron chi connectivity index (χ1n) is 17.8. The van der Waals surface area contributed by atoms with E-state index >= 15 is 0 Å². The van der Waals surface area contributed by atoms with Gasteiger partial charge in [-0.3, -0.25) is 14.9 Å². The Morgan fingerprint density at radius 1 is 0.500 bits per heavy atom. The molecule has 1 atom stereocenters. The van der Waals surface area contributed by atoms with Crippen molar-refractivity contribution in [2.24, 2.45) is 0 Å². The van der Waals surface area contributed by atoms with E-state index in [1.807, 2.05) is 0 Å². The second kappa shape index (κ2) is 32.4. The molecule has 2 N–H and O–H groups in total. The average molecular weight is 564 g/mol. The van der Waals surface area contributed by atoms with Crippen LogP contribution in [0.4, 0.5) is 0 Å². The van der Waals surface area contributed by atoms with Crippen LogP contribution in [0.25, 0.3) is 0 Å². The molecule has 0 rings (SSSR count). The van der Waals surface area contributed by atoms with E-state index < -0.39 is 0 Å². The molecular formula is C36H69NO3. The van der Waals surface area contributed by atoms with E-state index in [9.17, 15) is 14.7 Å². The summed E-state index contributed by atoms with van der Waals surface area (Å²) in [5, 5.41) is 12.6. The van der Waals surface area contributed by atoms with Gasteiger partial charge in [-0.05, 0) is 51.4 Å². The number of carbonyl (C=O) groups is 2. The quantitative estimate of drug-likeness (QED) is 0.0651. The predicted molar refractivity (Wildman–Crippen MR) is 174 cm³/mol. The first-order chi connectivity index (χ1) is 19.6. The van der Waals surface area contributed by atoms with Crippen LogP contribution in [0, 0.1) is 0 Å². The molecule has 40 heavy (non-hydrogen) atoms. The summed E-state index contributed by atoms with van der Waals surface area (Å²) < 4.78 is 0. The number of hydrogen-bond acceptors (Lipinski definition) is 3. The maximum Gasteiger partial charge on any atom is 0.226 e. The van der Waals surface area contributed by atoms with Crippen LogP contribution < -0.4 is 5.32 Å². The first-order valence-corrected chi connectivity index (χ1v) is 17.8. The molecule has 0 aliphatic heterocycles. The molecule has 0 aliphatic carbocycles. The van der Waals surface area contributed by atoms with Crippen LogP contribution in [-0.4, -0.2) is 23.0 Å². The summed E-state index contributed by atoms with van der Waals surface area (Å²) >= 11 is 0. The summed E-state index contributed by atoms with van der Waals surface area (Å²) in [6.07, 6.45) is 37.8. The minimum Gasteiger partial charge on any atom is -0.393 e. The highest BCUT2D eigenvalue weighted by molar-refractivity contribution is 5.95. The van der Waals surface area contributed by atoms with Gasteiger partial charge in [-0.25, -0.2) is 0 Å². The molecule has 236 valence electrons. The van der Waals surface area contributed by atoms with Gasteiger partial charge in [0.25, 0.3) is 0 Å². The third kappa shape index (κ3) is 31.4. The van der Waals surface area contributed by atoms with Crippen LogP contribution in [-0.2, 0) is 9.59 Å². The van der Waals surface area contributed by atoms with E-state index in [2.05, 4.69) is 31.3 Å². The Kier molecular flexibility index (Phi) is 31.4. The van der Waals surface area contributed by atoms with Gasteiger partial charge in [0.2, 0.25) is 11.8 Å². The summed E-state index contributed by atoms with van der Waals surface area (Å²) in [6, 6.07) is 0. The number of aliphatic hydroxyl groups excluding tert-OH is 1. The Morgan fingerprint density at radius 3 is 1.25 bits per heavy atom. The van der Waals surface area contributed by atoms with Crippen molar-refractivity contribution in [3.8, 4) is 0 Å². The van der Waals surface area contributed by atoms with Crippen molar-refractivity contribution in [1.29, 1.82) is 0 Å². The van der Waals surface area contributed by atoms with E-state index in [1.54, 1.807) is 0 Å². The number of nitrogens with one attached hydrogen (secondary N) is 1. The molecule has 1 unspecified atom stereocenters. The molecule has 0 radical (unpaired) electrons. The maximum atomic E-state index is 12.0. The third-order valence-electron chi connectivity index (χ3n) is 8.03. The van der Waals surface area contributed by atoms with Crippen LogP contribution in [0.2, 0.25) is 0 Å². The average Bonchev–Trinajstić information content (AvgIpc) is 2.94. The second-order valence-electron chi connectivity index (χ2n) is 12.2. The highest BCUT2D eigenvalue weighted by Crippen LogP contribution is 2.15. The molecule has 4 nitrogen and oxygen atoms in total. The number of carbonyl (C=O) groups excluding carboxylic acids is 2. The molecule has 0 aromatic carbocycles. The van der Waals surface area contributed by atoms with E-state index in [0.717, 1.165) is 51.4 Å². The van der Waals surface area contributed by atoms with Crippen LogP contribution in [0.1, 0.15) is 200 Å². The lowest BCUT2D eigenvalue weighted by Crippen LogP contribution is -2.29. The van der Waals surface area contributed by atoms with Gasteiger partial charge in [0.05, 0.1) is 6.10 Å². The zero-order chi connectivity index (χ0) is 29.4. The molecule has 0 saturated carbocycles. The molecule has 0 fully saturated rings. The number of aliphatic hydroxyl groups is 1. The number of imide groups is 1. The van der Waals surface area contributed by atoms with E-state index in [0.29, 0.717) is 12.8 Å². The van der Waals surface area contributed by atoms with Crippen LogP contribution in [0.3, 0.4) is 0 Å². The fraction of sp³-hybridized carbons (Fsp3) is 0.889. The number of hydrogen-bond donors (Lipinski definition) is 2. The predicted octanol–water partition coefficient (Wildman–Crippen LogP) is 10.9. The van der Waals surface area contributed by atoms with Gasteiger partial charge in [0.15, 0.2) is 0 Å². The van der Waals surface area contributed by atoms with Crippen molar-refractivity contribution in [2.75, 3.05) is 0 Å². The fourth-order valence-corrected chi connectivity index (χ4v) is 5.31. The van der Waals surface area contributed by atoms with Gasteiger partial charge < -0.3 is 5.11 Å². The molecule has 4 heteroatoms.